The van der Waals surface area contributed by atoms with E-state index in [1.54, 1.807) is 45.9 Å². The number of ether oxygens (including phenoxy) is 2. The number of nitrogens with one attached hydrogen (secondary N) is 2. The van der Waals surface area contributed by atoms with Gasteiger partial charge in [-0.2, -0.15) is 0 Å². The molecular formula is C21H23ClN2O5. The summed E-state index contributed by atoms with van der Waals surface area (Å²) in [6.45, 7) is 6.61. The minimum atomic E-state index is -0.660. The van der Waals surface area contributed by atoms with Gasteiger partial charge < -0.3 is 14.8 Å². The second kappa shape index (κ2) is 9.43. The summed E-state index contributed by atoms with van der Waals surface area (Å²) < 4.78 is 10.2. The van der Waals surface area contributed by atoms with Crippen LogP contribution in [0.2, 0.25) is 5.02 Å². The Morgan fingerprint density at radius 3 is 2.28 bits per heavy atom. The van der Waals surface area contributed by atoms with E-state index >= 15 is 0 Å². The molecular weight excluding hydrogens is 396 g/mol. The van der Waals surface area contributed by atoms with Crippen LogP contribution in [-0.4, -0.2) is 30.2 Å². The highest BCUT2D eigenvalue weighted by atomic mass is 35.5. The van der Waals surface area contributed by atoms with Gasteiger partial charge in [-0.05, 0) is 69.7 Å². The van der Waals surface area contributed by atoms with E-state index < -0.39 is 30.2 Å². The molecule has 0 bridgehead atoms. The van der Waals surface area contributed by atoms with Crippen molar-refractivity contribution in [1.29, 1.82) is 0 Å². The van der Waals surface area contributed by atoms with Crippen molar-refractivity contribution in [2.45, 2.75) is 33.3 Å². The van der Waals surface area contributed by atoms with Gasteiger partial charge >= 0.3 is 12.1 Å². The average Bonchev–Trinajstić information content (AvgIpc) is 2.62. The van der Waals surface area contributed by atoms with E-state index in [9.17, 15) is 14.4 Å². The number of esters is 1. The second-order valence-electron chi connectivity index (χ2n) is 7.24. The van der Waals surface area contributed by atoms with Crippen LogP contribution in [0.15, 0.2) is 42.5 Å². The van der Waals surface area contributed by atoms with Crippen LogP contribution in [0.1, 0.15) is 36.7 Å². The Morgan fingerprint density at radius 1 is 1.00 bits per heavy atom. The van der Waals surface area contributed by atoms with Crippen molar-refractivity contribution in [2.75, 3.05) is 17.2 Å². The molecule has 0 radical (unpaired) electrons. The minimum Gasteiger partial charge on any atom is -0.452 e. The maximum atomic E-state index is 12.1. The van der Waals surface area contributed by atoms with Gasteiger partial charge in [-0.25, -0.2) is 9.59 Å². The van der Waals surface area contributed by atoms with Crippen LogP contribution in [-0.2, 0) is 14.3 Å². The number of carbonyl (C=O) groups excluding carboxylic acids is 3. The van der Waals surface area contributed by atoms with Gasteiger partial charge in [0.05, 0.1) is 5.56 Å². The molecule has 0 atom stereocenters. The van der Waals surface area contributed by atoms with Crippen LogP contribution >= 0.6 is 11.6 Å². The maximum Gasteiger partial charge on any atom is 0.412 e. The van der Waals surface area contributed by atoms with Gasteiger partial charge in [0.2, 0.25) is 0 Å². The van der Waals surface area contributed by atoms with E-state index in [0.717, 1.165) is 5.56 Å². The van der Waals surface area contributed by atoms with Crippen molar-refractivity contribution >= 4 is 40.9 Å². The third-order valence-corrected chi connectivity index (χ3v) is 4.05. The van der Waals surface area contributed by atoms with Crippen LogP contribution in [0.25, 0.3) is 0 Å². The third kappa shape index (κ3) is 7.12. The summed E-state index contributed by atoms with van der Waals surface area (Å²) >= 11 is 6.01. The van der Waals surface area contributed by atoms with Crippen LogP contribution < -0.4 is 10.6 Å². The second-order valence-corrected chi connectivity index (χ2v) is 7.65. The van der Waals surface area contributed by atoms with Gasteiger partial charge in [-0.15, -0.1) is 0 Å². The Balaban J connectivity index is 1.86. The van der Waals surface area contributed by atoms with E-state index in [0.29, 0.717) is 16.4 Å². The van der Waals surface area contributed by atoms with E-state index in [2.05, 4.69) is 10.6 Å². The Kier molecular flexibility index (Phi) is 7.23. The van der Waals surface area contributed by atoms with Crippen LogP contribution in [0.4, 0.5) is 16.2 Å². The standard InChI is InChI=1S/C21H23ClN2O5/c1-13-16(22)6-5-7-17(13)24-18(25)12-28-19(26)14-8-10-15(11-9-14)23-20(27)29-21(2,3)4/h5-11H,12H2,1-4H3,(H,23,27)(H,24,25). The van der Waals surface area contributed by atoms with Gasteiger partial charge in [-0.3, -0.25) is 10.1 Å². The SMILES string of the molecule is Cc1c(Cl)cccc1NC(=O)COC(=O)c1ccc(NC(=O)OC(C)(C)C)cc1. The van der Waals surface area contributed by atoms with Crippen molar-refractivity contribution in [1.82, 2.24) is 0 Å². The molecule has 0 saturated heterocycles. The topological polar surface area (TPSA) is 93.7 Å². The lowest BCUT2D eigenvalue weighted by Gasteiger charge is -2.19. The van der Waals surface area contributed by atoms with Crippen molar-refractivity contribution in [2.24, 2.45) is 0 Å². The summed E-state index contributed by atoms with van der Waals surface area (Å²) in [5.74, 6) is -1.14. The first-order chi connectivity index (χ1) is 13.5. The first kappa shape index (κ1) is 22.2. The predicted molar refractivity (Wildman–Crippen MR) is 111 cm³/mol. The molecule has 0 aliphatic heterocycles. The molecule has 8 heteroatoms. The highest BCUT2D eigenvalue weighted by molar-refractivity contribution is 6.31. The van der Waals surface area contributed by atoms with Crippen LogP contribution in [0.5, 0.6) is 0 Å². The largest absolute Gasteiger partial charge is 0.452 e. The molecule has 2 aromatic rings. The molecule has 2 N–H and O–H groups in total. The zero-order valence-corrected chi connectivity index (χ0v) is 17.4. The Bertz CT molecular complexity index is 904. The minimum absolute atomic E-state index is 0.242. The molecule has 0 heterocycles. The predicted octanol–water partition coefficient (Wildman–Crippen LogP) is 4.79. The first-order valence-corrected chi connectivity index (χ1v) is 9.25. The van der Waals surface area contributed by atoms with E-state index in [4.69, 9.17) is 21.1 Å². The molecule has 0 saturated carbocycles. The van der Waals surface area contributed by atoms with Gasteiger partial charge in [0.15, 0.2) is 6.61 Å². The monoisotopic (exact) mass is 418 g/mol. The zero-order valence-electron chi connectivity index (χ0n) is 16.7. The summed E-state index contributed by atoms with van der Waals surface area (Å²) in [5, 5.41) is 5.74. The number of hydrogen-bond donors (Lipinski definition) is 2. The fourth-order valence-electron chi connectivity index (χ4n) is 2.25. The van der Waals surface area contributed by atoms with Crippen LogP contribution in [0, 0.1) is 6.92 Å². The molecule has 2 amide bonds. The number of amides is 2. The lowest BCUT2D eigenvalue weighted by atomic mass is 10.2. The number of carbonyl (C=O) groups is 3. The summed E-state index contributed by atoms with van der Waals surface area (Å²) in [7, 11) is 0. The summed E-state index contributed by atoms with van der Waals surface area (Å²) in [6.07, 6.45) is -0.596. The Morgan fingerprint density at radius 2 is 1.66 bits per heavy atom. The molecule has 0 aliphatic carbocycles. The Labute approximate surface area is 174 Å². The van der Waals surface area contributed by atoms with Gasteiger partial charge in [0.25, 0.3) is 5.91 Å². The summed E-state index contributed by atoms with van der Waals surface area (Å²) in [5.41, 5.74) is 1.37. The summed E-state index contributed by atoms with van der Waals surface area (Å²) in [4.78, 5) is 35.9. The van der Waals surface area contributed by atoms with Gasteiger partial charge in [-0.1, -0.05) is 17.7 Å². The molecule has 7 nitrogen and oxygen atoms in total. The molecule has 2 aromatic carbocycles. The summed E-state index contributed by atoms with van der Waals surface area (Å²) in [6, 6.07) is 11.2. The van der Waals surface area contributed by atoms with Crippen molar-refractivity contribution in [3.8, 4) is 0 Å². The third-order valence-electron chi connectivity index (χ3n) is 3.64. The quantitative estimate of drug-likeness (QED) is 0.681. The van der Waals surface area contributed by atoms with E-state index in [1.807, 2.05) is 0 Å². The lowest BCUT2D eigenvalue weighted by Crippen LogP contribution is -2.27. The van der Waals surface area contributed by atoms with Crippen molar-refractivity contribution in [3.05, 3.63) is 58.6 Å². The lowest BCUT2D eigenvalue weighted by molar-refractivity contribution is -0.119. The van der Waals surface area contributed by atoms with E-state index in [1.165, 1.54) is 24.3 Å². The molecule has 0 aromatic heterocycles. The first-order valence-electron chi connectivity index (χ1n) is 8.87. The van der Waals surface area contributed by atoms with Crippen molar-refractivity contribution in [3.63, 3.8) is 0 Å². The molecule has 0 unspecified atom stereocenters. The number of hydrogen-bond acceptors (Lipinski definition) is 5. The van der Waals surface area contributed by atoms with Crippen molar-refractivity contribution < 1.29 is 23.9 Å². The molecule has 2 rings (SSSR count). The molecule has 29 heavy (non-hydrogen) atoms. The van der Waals surface area contributed by atoms with Crippen LogP contribution in [0.3, 0.4) is 0 Å². The fourth-order valence-corrected chi connectivity index (χ4v) is 2.43. The highest BCUT2D eigenvalue weighted by Crippen LogP contribution is 2.22. The maximum absolute atomic E-state index is 12.1. The normalized spacial score (nSPS) is 10.8. The van der Waals surface area contributed by atoms with Gasteiger partial charge in [0.1, 0.15) is 5.60 Å². The number of rotatable bonds is 5. The average molecular weight is 419 g/mol. The smallest absolute Gasteiger partial charge is 0.412 e. The molecule has 0 aliphatic rings. The molecule has 0 fully saturated rings. The number of benzene rings is 2. The molecule has 0 spiro atoms. The highest BCUT2D eigenvalue weighted by Gasteiger charge is 2.16. The molecule has 154 valence electrons. The number of anilines is 2. The van der Waals surface area contributed by atoms with E-state index in [-0.39, 0.29) is 5.56 Å². The number of halogens is 1. The fraction of sp³-hybridized carbons (Fsp3) is 0.286. The Hall–Kier alpha value is -3.06. The van der Waals surface area contributed by atoms with Gasteiger partial charge in [0, 0.05) is 16.4 Å². The zero-order chi connectivity index (χ0) is 21.6.